The van der Waals surface area contributed by atoms with Crippen LogP contribution in [0, 0.1) is 0 Å². The SMILES string of the molecule is C.CCCCOCCOCCOCCO.CN(CCOCCOCCOCCO)C(=O)OC(C)(C)C. The molecule has 0 aromatic rings. The molecule has 0 aromatic carbocycles. The van der Waals surface area contributed by atoms with Crippen LogP contribution in [0.3, 0.4) is 0 Å². The van der Waals surface area contributed by atoms with E-state index in [0.29, 0.717) is 79.2 Å². The third-order valence-electron chi connectivity index (χ3n) is 3.88. The lowest BCUT2D eigenvalue weighted by molar-refractivity contribution is 0.000902. The van der Waals surface area contributed by atoms with Crippen molar-refractivity contribution in [3.8, 4) is 0 Å². The Morgan fingerprint density at radius 1 is 0.667 bits per heavy atom. The predicted molar refractivity (Wildman–Crippen MR) is 140 cm³/mol. The monoisotopic (exact) mass is 529 g/mol. The Morgan fingerprint density at radius 3 is 1.39 bits per heavy atom. The highest BCUT2D eigenvalue weighted by molar-refractivity contribution is 5.67. The molecule has 1 amide bonds. The second kappa shape index (κ2) is 30.2. The van der Waals surface area contributed by atoms with Crippen LogP contribution in [0.1, 0.15) is 48.0 Å². The van der Waals surface area contributed by atoms with Crippen molar-refractivity contribution in [3.05, 3.63) is 0 Å². The minimum Gasteiger partial charge on any atom is -0.444 e. The summed E-state index contributed by atoms with van der Waals surface area (Å²) in [4.78, 5) is 13.1. The molecule has 11 heteroatoms. The van der Waals surface area contributed by atoms with Gasteiger partial charge in [-0.3, -0.25) is 0 Å². The van der Waals surface area contributed by atoms with Crippen LogP contribution in [-0.2, 0) is 33.2 Å². The zero-order valence-electron chi connectivity index (χ0n) is 22.6. The van der Waals surface area contributed by atoms with Crippen molar-refractivity contribution in [1.29, 1.82) is 0 Å². The minimum atomic E-state index is -0.488. The van der Waals surface area contributed by atoms with Crippen LogP contribution >= 0.6 is 0 Å². The number of carbonyl (C=O) groups excluding carboxylic acids is 1. The smallest absolute Gasteiger partial charge is 0.410 e. The van der Waals surface area contributed by atoms with Crippen molar-refractivity contribution in [3.63, 3.8) is 0 Å². The van der Waals surface area contributed by atoms with Gasteiger partial charge < -0.3 is 48.3 Å². The largest absolute Gasteiger partial charge is 0.444 e. The van der Waals surface area contributed by atoms with E-state index in [2.05, 4.69) is 6.92 Å². The number of hydrogen-bond donors (Lipinski definition) is 2. The Kier molecular flexibility index (Phi) is 33.1. The van der Waals surface area contributed by atoms with Crippen LogP contribution in [0.4, 0.5) is 4.79 Å². The van der Waals surface area contributed by atoms with E-state index in [1.54, 1.807) is 7.05 Å². The Morgan fingerprint density at radius 2 is 1.03 bits per heavy atom. The number of nitrogens with zero attached hydrogens (tertiary/aromatic N) is 1. The molecule has 11 nitrogen and oxygen atoms in total. The molecule has 0 unspecified atom stereocenters. The van der Waals surface area contributed by atoms with Crippen molar-refractivity contribution < 1.29 is 48.2 Å². The molecule has 0 aliphatic heterocycles. The average molecular weight is 530 g/mol. The number of ether oxygens (including phenoxy) is 7. The molecule has 0 saturated carbocycles. The quantitative estimate of drug-likeness (QED) is 0.202. The maximum absolute atomic E-state index is 11.6. The number of carbonyl (C=O) groups is 1. The van der Waals surface area contributed by atoms with E-state index < -0.39 is 5.60 Å². The van der Waals surface area contributed by atoms with Crippen LogP contribution < -0.4 is 0 Å². The van der Waals surface area contributed by atoms with Gasteiger partial charge in [-0.2, -0.15) is 0 Å². The maximum atomic E-state index is 11.6. The fraction of sp³-hybridized carbons (Fsp3) is 0.960. The molecule has 0 radical (unpaired) electrons. The van der Waals surface area contributed by atoms with Gasteiger partial charge in [-0.05, 0) is 27.2 Å². The Bertz CT molecular complexity index is 424. The van der Waals surface area contributed by atoms with Crippen LogP contribution in [0.25, 0.3) is 0 Å². The average Bonchev–Trinajstić information content (AvgIpc) is 2.80. The summed E-state index contributed by atoms with van der Waals surface area (Å²) in [5.74, 6) is 0. The Labute approximate surface area is 219 Å². The summed E-state index contributed by atoms with van der Waals surface area (Å²) in [7, 11) is 1.67. The van der Waals surface area contributed by atoms with Gasteiger partial charge in [0.05, 0.1) is 85.9 Å². The molecule has 0 bridgehead atoms. The van der Waals surface area contributed by atoms with Crippen LogP contribution in [0.15, 0.2) is 0 Å². The fourth-order valence-electron chi connectivity index (χ4n) is 2.09. The van der Waals surface area contributed by atoms with E-state index in [-0.39, 0.29) is 26.7 Å². The molecule has 0 aliphatic carbocycles. The van der Waals surface area contributed by atoms with Gasteiger partial charge in [0.1, 0.15) is 5.60 Å². The van der Waals surface area contributed by atoms with Gasteiger partial charge in [-0.25, -0.2) is 4.79 Å². The van der Waals surface area contributed by atoms with Crippen molar-refractivity contribution in [2.75, 3.05) is 106 Å². The van der Waals surface area contributed by atoms with Crippen LogP contribution in [-0.4, -0.2) is 133 Å². The lowest BCUT2D eigenvalue weighted by atomic mass is 10.2. The Hall–Kier alpha value is -1.05. The van der Waals surface area contributed by atoms with E-state index in [9.17, 15) is 4.79 Å². The highest BCUT2D eigenvalue weighted by Gasteiger charge is 2.19. The topological polar surface area (TPSA) is 125 Å². The lowest BCUT2D eigenvalue weighted by Crippen LogP contribution is -2.36. The first-order valence-corrected chi connectivity index (χ1v) is 12.4. The van der Waals surface area contributed by atoms with Crippen molar-refractivity contribution in [2.45, 2.75) is 53.6 Å². The highest BCUT2D eigenvalue weighted by Crippen LogP contribution is 2.08. The van der Waals surface area contributed by atoms with E-state index in [1.165, 1.54) is 4.90 Å². The second-order valence-corrected chi connectivity index (χ2v) is 8.38. The molecular weight excluding hydrogens is 474 g/mol. The fourth-order valence-corrected chi connectivity index (χ4v) is 2.09. The number of unbranched alkanes of at least 4 members (excludes halogenated alkanes) is 1. The van der Waals surface area contributed by atoms with Crippen molar-refractivity contribution >= 4 is 6.09 Å². The molecule has 2 N–H and O–H groups in total. The summed E-state index contributed by atoms with van der Waals surface area (Å²) < 4.78 is 36.4. The third kappa shape index (κ3) is 35.1. The first-order chi connectivity index (χ1) is 16.8. The summed E-state index contributed by atoms with van der Waals surface area (Å²) in [6.45, 7) is 14.4. The zero-order valence-corrected chi connectivity index (χ0v) is 22.6. The molecule has 220 valence electrons. The van der Waals surface area contributed by atoms with Gasteiger partial charge in [-0.15, -0.1) is 0 Å². The van der Waals surface area contributed by atoms with Gasteiger partial charge in [0.2, 0.25) is 0 Å². The minimum absolute atomic E-state index is 0. The van der Waals surface area contributed by atoms with Gasteiger partial charge >= 0.3 is 6.09 Å². The summed E-state index contributed by atoms with van der Waals surface area (Å²) in [6, 6.07) is 0. The van der Waals surface area contributed by atoms with Gasteiger partial charge in [0.15, 0.2) is 0 Å². The lowest BCUT2D eigenvalue weighted by Gasteiger charge is -2.24. The predicted octanol–water partition coefficient (Wildman–Crippen LogP) is 2.36. The number of rotatable bonds is 22. The summed E-state index contributed by atoms with van der Waals surface area (Å²) in [5.41, 5.74) is -0.488. The molecule has 0 atom stereocenters. The summed E-state index contributed by atoms with van der Waals surface area (Å²) >= 11 is 0. The highest BCUT2D eigenvalue weighted by atomic mass is 16.6. The zero-order chi connectivity index (χ0) is 26.6. The summed E-state index contributed by atoms with van der Waals surface area (Å²) in [6.07, 6.45) is 1.92. The molecular formula is C25H55NO10. The van der Waals surface area contributed by atoms with Crippen LogP contribution in [0.2, 0.25) is 0 Å². The molecule has 0 heterocycles. The van der Waals surface area contributed by atoms with E-state index in [4.69, 9.17) is 43.4 Å². The van der Waals surface area contributed by atoms with Crippen LogP contribution in [0.5, 0.6) is 0 Å². The molecule has 0 aliphatic rings. The molecule has 0 saturated heterocycles. The van der Waals surface area contributed by atoms with E-state index >= 15 is 0 Å². The number of aliphatic hydroxyl groups excluding tert-OH is 2. The van der Waals surface area contributed by atoms with Gasteiger partial charge in [0.25, 0.3) is 0 Å². The van der Waals surface area contributed by atoms with E-state index in [1.807, 2.05) is 20.8 Å². The van der Waals surface area contributed by atoms with Gasteiger partial charge in [-0.1, -0.05) is 20.8 Å². The first-order valence-electron chi connectivity index (χ1n) is 12.4. The Balaban J connectivity index is -0.000000635. The molecule has 0 fully saturated rings. The summed E-state index contributed by atoms with van der Waals surface area (Å²) in [5, 5.41) is 16.9. The molecule has 36 heavy (non-hydrogen) atoms. The maximum Gasteiger partial charge on any atom is 0.410 e. The van der Waals surface area contributed by atoms with Crippen molar-refractivity contribution in [1.82, 2.24) is 4.90 Å². The number of amides is 1. The van der Waals surface area contributed by atoms with Crippen molar-refractivity contribution in [2.24, 2.45) is 0 Å². The van der Waals surface area contributed by atoms with Gasteiger partial charge in [0, 0.05) is 20.2 Å². The molecule has 0 rings (SSSR count). The standard InChI is InChI=1S/C14H29NO6.C10H22O4.CH4/c1-14(2,3)21-13(17)15(4)5-7-18-9-11-20-12-10-19-8-6-16;1-2-3-5-12-7-9-14-10-8-13-6-4-11;/h16H,5-12H2,1-4H3;11H,2-10H2,1H3;1H4. The molecule has 0 aromatic heterocycles. The van der Waals surface area contributed by atoms with E-state index in [0.717, 1.165) is 19.4 Å². The number of aliphatic hydroxyl groups is 2. The third-order valence-corrected chi connectivity index (χ3v) is 3.88. The second-order valence-electron chi connectivity index (χ2n) is 8.38. The first kappa shape index (κ1) is 39.5. The normalized spacial score (nSPS) is 10.9. The molecule has 0 spiro atoms. The number of likely N-dealkylation sites (N-methyl/N-ethyl adjacent to an activating group) is 1. The number of hydrogen-bond acceptors (Lipinski definition) is 10.